The zero-order chi connectivity index (χ0) is 13.3. The van der Waals surface area contributed by atoms with E-state index in [1.165, 1.54) is 32.8 Å². The van der Waals surface area contributed by atoms with Crippen molar-refractivity contribution in [3.63, 3.8) is 0 Å². The van der Waals surface area contributed by atoms with Crippen molar-refractivity contribution in [2.24, 2.45) is 5.92 Å². The van der Waals surface area contributed by atoms with Crippen LogP contribution in [0.4, 0.5) is 0 Å². The van der Waals surface area contributed by atoms with E-state index in [1.54, 1.807) is 0 Å². The van der Waals surface area contributed by atoms with Gasteiger partial charge >= 0.3 is 5.97 Å². The predicted molar refractivity (Wildman–Crippen MR) is 72.0 cm³/mol. The lowest BCUT2D eigenvalue weighted by Gasteiger charge is -2.29. The third-order valence-electron chi connectivity index (χ3n) is 3.33. The Kier molecular flexibility index (Phi) is 9.14. The number of hydrogen-bond acceptors (Lipinski definition) is 3. The fraction of sp³-hybridized carbons (Fsp3) is 0.929. The van der Waals surface area contributed by atoms with Gasteiger partial charge in [0.25, 0.3) is 0 Å². The Labute approximate surface area is 107 Å². The minimum Gasteiger partial charge on any atom is -0.468 e. The predicted octanol–water partition coefficient (Wildman–Crippen LogP) is 3.09. The van der Waals surface area contributed by atoms with Gasteiger partial charge in [-0.1, -0.05) is 33.1 Å². The Morgan fingerprint density at radius 2 is 1.94 bits per heavy atom. The molecule has 0 aliphatic heterocycles. The van der Waals surface area contributed by atoms with E-state index < -0.39 is 0 Å². The van der Waals surface area contributed by atoms with E-state index in [-0.39, 0.29) is 5.97 Å². The van der Waals surface area contributed by atoms with Crippen molar-refractivity contribution >= 4 is 5.97 Å². The van der Waals surface area contributed by atoms with Crippen LogP contribution in [0, 0.1) is 5.92 Å². The molecule has 3 heteroatoms. The average Bonchev–Trinajstić information content (AvgIpc) is 2.32. The fourth-order valence-corrected chi connectivity index (χ4v) is 1.94. The average molecular weight is 243 g/mol. The topological polar surface area (TPSA) is 29.5 Å². The summed E-state index contributed by atoms with van der Waals surface area (Å²) in [4.78, 5) is 13.6. The number of carbonyl (C=O) groups is 1. The van der Waals surface area contributed by atoms with E-state index >= 15 is 0 Å². The molecule has 0 aliphatic carbocycles. The highest BCUT2D eigenvalue weighted by Crippen LogP contribution is 2.15. The van der Waals surface area contributed by atoms with Crippen molar-refractivity contribution in [1.82, 2.24) is 4.90 Å². The van der Waals surface area contributed by atoms with Crippen LogP contribution >= 0.6 is 0 Å². The van der Waals surface area contributed by atoms with Gasteiger partial charge < -0.3 is 4.74 Å². The van der Waals surface area contributed by atoms with Gasteiger partial charge in [-0.25, -0.2) is 0 Å². The molecule has 1 atom stereocenters. The van der Waals surface area contributed by atoms with Crippen LogP contribution in [0.25, 0.3) is 0 Å². The second-order valence-electron chi connectivity index (χ2n) is 5.02. The van der Waals surface area contributed by atoms with Crippen molar-refractivity contribution in [2.75, 3.05) is 20.2 Å². The van der Waals surface area contributed by atoms with E-state index in [9.17, 15) is 4.79 Å². The first-order valence-electron chi connectivity index (χ1n) is 6.85. The maximum atomic E-state index is 11.3. The standard InChI is InChI=1S/C14H29NO2/c1-6-8-9-13(7-2)10-15(12(3)4)11-14(16)17-5/h12-13H,6-11H2,1-5H3. The molecule has 0 heterocycles. The largest absolute Gasteiger partial charge is 0.468 e. The summed E-state index contributed by atoms with van der Waals surface area (Å²) in [6.45, 7) is 10.1. The van der Waals surface area contributed by atoms with Crippen LogP contribution in [0.5, 0.6) is 0 Å². The van der Waals surface area contributed by atoms with Gasteiger partial charge in [0.2, 0.25) is 0 Å². The molecule has 0 amide bonds. The summed E-state index contributed by atoms with van der Waals surface area (Å²) in [6, 6.07) is 0.393. The second-order valence-corrected chi connectivity index (χ2v) is 5.02. The molecule has 0 radical (unpaired) electrons. The van der Waals surface area contributed by atoms with E-state index in [0.29, 0.717) is 18.5 Å². The SMILES string of the molecule is CCCCC(CC)CN(CC(=O)OC)C(C)C. The molecule has 0 saturated carbocycles. The highest BCUT2D eigenvalue weighted by atomic mass is 16.5. The molecule has 0 aromatic heterocycles. The molecule has 0 N–H and O–H groups in total. The number of methoxy groups -OCH3 is 1. The molecule has 17 heavy (non-hydrogen) atoms. The zero-order valence-corrected chi connectivity index (χ0v) is 12.2. The Balaban J connectivity index is 4.24. The summed E-state index contributed by atoms with van der Waals surface area (Å²) in [6.07, 6.45) is 4.97. The van der Waals surface area contributed by atoms with Gasteiger partial charge in [0.1, 0.15) is 0 Å². The van der Waals surface area contributed by atoms with E-state index in [1.807, 2.05) is 0 Å². The molecule has 102 valence electrons. The van der Waals surface area contributed by atoms with Gasteiger partial charge in [0, 0.05) is 12.6 Å². The number of carbonyl (C=O) groups excluding carboxylic acids is 1. The number of nitrogens with zero attached hydrogens (tertiary/aromatic N) is 1. The maximum Gasteiger partial charge on any atom is 0.319 e. The Hall–Kier alpha value is -0.570. The van der Waals surface area contributed by atoms with Gasteiger partial charge in [0.05, 0.1) is 13.7 Å². The summed E-state index contributed by atoms with van der Waals surface area (Å²) >= 11 is 0. The Morgan fingerprint density at radius 1 is 1.29 bits per heavy atom. The molecule has 0 rings (SSSR count). The molecule has 0 saturated heterocycles. The molecule has 0 aromatic rings. The number of ether oxygens (including phenoxy) is 1. The van der Waals surface area contributed by atoms with Crippen molar-refractivity contribution < 1.29 is 9.53 Å². The van der Waals surface area contributed by atoms with Crippen LogP contribution in [-0.2, 0) is 9.53 Å². The number of esters is 1. The number of hydrogen-bond donors (Lipinski definition) is 0. The fourth-order valence-electron chi connectivity index (χ4n) is 1.94. The van der Waals surface area contributed by atoms with E-state index in [2.05, 4.69) is 32.6 Å². The van der Waals surface area contributed by atoms with Crippen molar-refractivity contribution in [3.05, 3.63) is 0 Å². The summed E-state index contributed by atoms with van der Waals surface area (Å²) in [5, 5.41) is 0. The molecule has 3 nitrogen and oxygen atoms in total. The molecule has 1 unspecified atom stereocenters. The van der Waals surface area contributed by atoms with E-state index in [4.69, 9.17) is 4.74 Å². The zero-order valence-electron chi connectivity index (χ0n) is 12.2. The van der Waals surface area contributed by atoms with Crippen molar-refractivity contribution in [2.45, 2.75) is 59.4 Å². The summed E-state index contributed by atoms with van der Waals surface area (Å²) < 4.78 is 4.75. The summed E-state index contributed by atoms with van der Waals surface area (Å²) in [5.74, 6) is 0.561. The van der Waals surface area contributed by atoms with Crippen LogP contribution in [0.15, 0.2) is 0 Å². The van der Waals surface area contributed by atoms with Crippen LogP contribution in [0.1, 0.15) is 53.4 Å². The lowest BCUT2D eigenvalue weighted by Crippen LogP contribution is -2.39. The molecule has 0 spiro atoms. The van der Waals surface area contributed by atoms with Crippen LogP contribution in [-0.4, -0.2) is 37.1 Å². The van der Waals surface area contributed by atoms with Crippen molar-refractivity contribution in [1.29, 1.82) is 0 Å². The maximum absolute atomic E-state index is 11.3. The van der Waals surface area contributed by atoms with Gasteiger partial charge in [-0.2, -0.15) is 0 Å². The van der Waals surface area contributed by atoms with Gasteiger partial charge in [-0.05, 0) is 26.2 Å². The highest BCUT2D eigenvalue weighted by molar-refractivity contribution is 5.71. The molecular formula is C14H29NO2. The lowest BCUT2D eigenvalue weighted by atomic mass is 9.98. The minimum absolute atomic E-state index is 0.135. The van der Waals surface area contributed by atoms with Crippen molar-refractivity contribution in [3.8, 4) is 0 Å². The third kappa shape index (κ3) is 7.37. The number of unbranched alkanes of at least 4 members (excludes halogenated alkanes) is 1. The quantitative estimate of drug-likeness (QED) is 0.583. The molecule has 0 aromatic carbocycles. The summed E-state index contributed by atoms with van der Waals surface area (Å²) in [7, 11) is 1.45. The van der Waals surface area contributed by atoms with Crippen LogP contribution in [0.3, 0.4) is 0 Å². The molecule has 0 aliphatic rings. The van der Waals surface area contributed by atoms with Crippen LogP contribution in [0.2, 0.25) is 0 Å². The first-order valence-corrected chi connectivity index (χ1v) is 6.85. The molecule has 0 bridgehead atoms. The number of rotatable bonds is 9. The smallest absolute Gasteiger partial charge is 0.319 e. The highest BCUT2D eigenvalue weighted by Gasteiger charge is 2.18. The molecule has 0 fully saturated rings. The second kappa shape index (κ2) is 9.46. The third-order valence-corrected chi connectivity index (χ3v) is 3.33. The first-order chi connectivity index (χ1) is 8.04. The summed E-state index contributed by atoms with van der Waals surface area (Å²) in [5.41, 5.74) is 0. The van der Waals surface area contributed by atoms with E-state index in [0.717, 1.165) is 6.54 Å². The van der Waals surface area contributed by atoms with Gasteiger partial charge in [-0.15, -0.1) is 0 Å². The minimum atomic E-state index is -0.135. The molecular weight excluding hydrogens is 214 g/mol. The normalized spacial score (nSPS) is 13.1. The van der Waals surface area contributed by atoms with Crippen LogP contribution < -0.4 is 0 Å². The Bertz CT molecular complexity index is 204. The van der Waals surface area contributed by atoms with Gasteiger partial charge in [0.15, 0.2) is 0 Å². The monoisotopic (exact) mass is 243 g/mol. The first kappa shape index (κ1) is 16.4. The Morgan fingerprint density at radius 3 is 2.35 bits per heavy atom. The van der Waals surface area contributed by atoms with Gasteiger partial charge in [-0.3, -0.25) is 9.69 Å². The lowest BCUT2D eigenvalue weighted by molar-refractivity contribution is -0.142.